The Bertz CT molecular complexity index is 478. The van der Waals surface area contributed by atoms with Crippen LogP contribution in [-0.4, -0.2) is 29.9 Å². The maximum Gasteiger partial charge on any atom is 0.227 e. The average molecular weight is 309 g/mol. The Morgan fingerprint density at radius 1 is 1.38 bits per heavy atom. The molecule has 1 amide bonds. The van der Waals surface area contributed by atoms with Crippen LogP contribution in [0.5, 0.6) is 0 Å². The number of nitrogens with two attached hydrogens (primary N) is 1. The van der Waals surface area contributed by atoms with Crippen molar-refractivity contribution in [1.82, 2.24) is 4.90 Å². The Morgan fingerprint density at radius 2 is 2.14 bits per heavy atom. The zero-order valence-corrected chi connectivity index (χ0v) is 13.5. The highest BCUT2D eigenvalue weighted by atomic mass is 35.5. The first-order valence-corrected chi connectivity index (χ1v) is 8.27. The number of hydrogen-bond donors (Lipinski definition) is 1. The van der Waals surface area contributed by atoms with Gasteiger partial charge in [-0.15, -0.1) is 0 Å². The summed E-state index contributed by atoms with van der Waals surface area (Å²) in [7, 11) is 0. The maximum absolute atomic E-state index is 12.7. The Kier molecular flexibility index (Phi) is 6.07. The normalized spacial score (nSPS) is 22.0. The molecule has 2 N–H and O–H groups in total. The molecule has 3 nitrogen and oxygen atoms in total. The number of carbonyl (C=O) groups is 1. The maximum atomic E-state index is 12.7. The van der Waals surface area contributed by atoms with Crippen molar-refractivity contribution in [3.63, 3.8) is 0 Å². The van der Waals surface area contributed by atoms with Crippen LogP contribution in [0.3, 0.4) is 0 Å². The highest BCUT2D eigenvalue weighted by Gasteiger charge is 2.31. The van der Waals surface area contributed by atoms with Crippen molar-refractivity contribution in [2.45, 2.75) is 45.1 Å². The van der Waals surface area contributed by atoms with Gasteiger partial charge in [0, 0.05) is 17.6 Å². The van der Waals surface area contributed by atoms with Crippen LogP contribution in [0.25, 0.3) is 0 Å². The number of benzene rings is 1. The lowest BCUT2D eigenvalue weighted by molar-refractivity contribution is -0.134. The standard InChI is InChI=1S/C17H25ClN2O/c1-2-20(16-9-4-3-7-14(16)12-19)17(21)11-13-6-5-8-15(18)10-13/h5-6,8,10,14,16H,2-4,7,9,11-12,19H2,1H3. The predicted octanol–water partition coefficient (Wildman–Crippen LogP) is 3.25. The Balaban J connectivity index is 2.07. The quantitative estimate of drug-likeness (QED) is 0.907. The molecule has 4 heteroatoms. The Hall–Kier alpha value is -1.06. The molecule has 0 heterocycles. The minimum absolute atomic E-state index is 0.185. The summed E-state index contributed by atoms with van der Waals surface area (Å²) >= 11 is 5.99. The Morgan fingerprint density at radius 3 is 2.81 bits per heavy atom. The number of nitrogens with zero attached hydrogens (tertiary/aromatic N) is 1. The molecule has 1 aromatic rings. The minimum atomic E-state index is 0.185. The first kappa shape index (κ1) is 16.3. The SMILES string of the molecule is CCN(C(=O)Cc1cccc(Cl)c1)C1CCCCC1CN. The van der Waals surface area contributed by atoms with Crippen molar-refractivity contribution in [3.8, 4) is 0 Å². The summed E-state index contributed by atoms with van der Waals surface area (Å²) in [5.41, 5.74) is 6.88. The van der Waals surface area contributed by atoms with E-state index in [9.17, 15) is 4.79 Å². The van der Waals surface area contributed by atoms with E-state index in [0.29, 0.717) is 29.9 Å². The van der Waals surface area contributed by atoms with Gasteiger partial charge in [0.25, 0.3) is 0 Å². The van der Waals surface area contributed by atoms with E-state index >= 15 is 0 Å². The molecule has 0 aromatic heterocycles. The van der Waals surface area contributed by atoms with Gasteiger partial charge in [0.2, 0.25) is 5.91 Å². The Labute approximate surface area is 132 Å². The summed E-state index contributed by atoms with van der Waals surface area (Å²) in [6.07, 6.45) is 5.07. The molecule has 2 unspecified atom stereocenters. The van der Waals surface area contributed by atoms with Crippen molar-refractivity contribution < 1.29 is 4.79 Å². The zero-order valence-electron chi connectivity index (χ0n) is 12.7. The molecule has 1 fully saturated rings. The molecule has 0 radical (unpaired) electrons. The lowest BCUT2D eigenvalue weighted by Crippen LogP contribution is -2.48. The van der Waals surface area contributed by atoms with E-state index in [1.165, 1.54) is 12.8 Å². The van der Waals surface area contributed by atoms with Crippen LogP contribution >= 0.6 is 11.6 Å². The van der Waals surface area contributed by atoms with E-state index in [2.05, 4.69) is 6.92 Å². The molecule has 0 saturated heterocycles. The van der Waals surface area contributed by atoms with E-state index in [0.717, 1.165) is 24.9 Å². The van der Waals surface area contributed by atoms with Crippen molar-refractivity contribution in [3.05, 3.63) is 34.9 Å². The molecule has 116 valence electrons. The lowest BCUT2D eigenvalue weighted by atomic mass is 9.83. The molecule has 2 atom stereocenters. The van der Waals surface area contributed by atoms with Gasteiger partial charge in [0.15, 0.2) is 0 Å². The molecule has 1 aliphatic rings. The van der Waals surface area contributed by atoms with Gasteiger partial charge in [-0.3, -0.25) is 4.79 Å². The molecule has 0 spiro atoms. The van der Waals surface area contributed by atoms with Crippen LogP contribution in [0.2, 0.25) is 5.02 Å². The van der Waals surface area contributed by atoms with Crippen LogP contribution in [-0.2, 0) is 11.2 Å². The molecule has 1 saturated carbocycles. The van der Waals surface area contributed by atoms with Crippen molar-refractivity contribution in [2.75, 3.05) is 13.1 Å². The molecular formula is C17H25ClN2O. The fourth-order valence-electron chi connectivity index (χ4n) is 3.39. The van der Waals surface area contributed by atoms with Gasteiger partial charge in [-0.1, -0.05) is 36.6 Å². The van der Waals surface area contributed by atoms with Crippen molar-refractivity contribution in [2.24, 2.45) is 11.7 Å². The summed E-state index contributed by atoms with van der Waals surface area (Å²) in [5, 5.41) is 0.681. The van der Waals surface area contributed by atoms with Crippen LogP contribution in [0.4, 0.5) is 0 Å². The van der Waals surface area contributed by atoms with Crippen LogP contribution < -0.4 is 5.73 Å². The first-order chi connectivity index (χ1) is 10.2. The van der Waals surface area contributed by atoms with Crippen LogP contribution in [0, 0.1) is 5.92 Å². The van der Waals surface area contributed by atoms with Gasteiger partial charge >= 0.3 is 0 Å². The molecule has 1 aliphatic carbocycles. The molecule has 0 bridgehead atoms. The molecular weight excluding hydrogens is 284 g/mol. The molecule has 1 aromatic carbocycles. The number of likely N-dealkylation sites (N-methyl/N-ethyl adjacent to an activating group) is 1. The number of carbonyl (C=O) groups excluding carboxylic acids is 1. The second-order valence-corrected chi connectivity index (χ2v) is 6.27. The van der Waals surface area contributed by atoms with Crippen LogP contribution in [0.15, 0.2) is 24.3 Å². The number of hydrogen-bond acceptors (Lipinski definition) is 2. The fourth-order valence-corrected chi connectivity index (χ4v) is 3.61. The summed E-state index contributed by atoms with van der Waals surface area (Å²) in [4.78, 5) is 14.7. The van der Waals surface area contributed by atoms with Crippen LogP contribution in [0.1, 0.15) is 38.2 Å². The van der Waals surface area contributed by atoms with Gasteiger partial charge in [0.1, 0.15) is 0 Å². The van der Waals surface area contributed by atoms with E-state index < -0.39 is 0 Å². The van der Waals surface area contributed by atoms with Gasteiger partial charge < -0.3 is 10.6 Å². The second kappa shape index (κ2) is 7.81. The zero-order chi connectivity index (χ0) is 15.2. The van der Waals surface area contributed by atoms with E-state index in [-0.39, 0.29) is 5.91 Å². The number of amides is 1. The lowest BCUT2D eigenvalue weighted by Gasteiger charge is -2.39. The summed E-state index contributed by atoms with van der Waals surface area (Å²) < 4.78 is 0. The monoisotopic (exact) mass is 308 g/mol. The second-order valence-electron chi connectivity index (χ2n) is 5.83. The van der Waals surface area contributed by atoms with Gasteiger partial charge in [-0.05, 0) is 49.9 Å². The highest BCUT2D eigenvalue weighted by Crippen LogP contribution is 2.28. The molecule has 21 heavy (non-hydrogen) atoms. The van der Waals surface area contributed by atoms with Crippen molar-refractivity contribution >= 4 is 17.5 Å². The largest absolute Gasteiger partial charge is 0.339 e. The van der Waals surface area contributed by atoms with E-state index in [1.54, 1.807) is 0 Å². The van der Waals surface area contributed by atoms with Gasteiger partial charge in [0.05, 0.1) is 6.42 Å². The fraction of sp³-hybridized carbons (Fsp3) is 0.588. The third-order valence-electron chi connectivity index (χ3n) is 4.48. The van der Waals surface area contributed by atoms with Gasteiger partial charge in [-0.25, -0.2) is 0 Å². The van der Waals surface area contributed by atoms with E-state index in [4.69, 9.17) is 17.3 Å². The average Bonchev–Trinajstić information content (AvgIpc) is 2.48. The van der Waals surface area contributed by atoms with E-state index in [1.807, 2.05) is 29.2 Å². The number of halogens is 1. The summed E-state index contributed by atoms with van der Waals surface area (Å²) in [5.74, 6) is 0.632. The first-order valence-electron chi connectivity index (χ1n) is 7.89. The third kappa shape index (κ3) is 4.21. The summed E-state index contributed by atoms with van der Waals surface area (Å²) in [6, 6.07) is 7.86. The predicted molar refractivity (Wildman–Crippen MR) is 87.3 cm³/mol. The highest BCUT2D eigenvalue weighted by molar-refractivity contribution is 6.30. The smallest absolute Gasteiger partial charge is 0.227 e. The third-order valence-corrected chi connectivity index (χ3v) is 4.71. The van der Waals surface area contributed by atoms with Crippen molar-refractivity contribution in [1.29, 1.82) is 0 Å². The minimum Gasteiger partial charge on any atom is -0.339 e. The summed E-state index contributed by atoms with van der Waals surface area (Å²) in [6.45, 7) is 3.48. The number of rotatable bonds is 5. The molecule has 2 rings (SSSR count). The topological polar surface area (TPSA) is 46.3 Å². The van der Waals surface area contributed by atoms with Gasteiger partial charge in [-0.2, -0.15) is 0 Å². The molecule has 0 aliphatic heterocycles.